The Labute approximate surface area is 97.4 Å². The van der Waals surface area contributed by atoms with Gasteiger partial charge in [0, 0.05) is 17.1 Å². The van der Waals surface area contributed by atoms with Crippen molar-refractivity contribution in [1.82, 2.24) is 0 Å². The summed E-state index contributed by atoms with van der Waals surface area (Å²) in [6, 6.07) is 0. The van der Waals surface area contributed by atoms with Crippen LogP contribution in [-0.2, 0) is 17.1 Å². The zero-order valence-electron chi connectivity index (χ0n) is 9.22. The van der Waals surface area contributed by atoms with Crippen LogP contribution in [0.1, 0.15) is 27.7 Å². The van der Waals surface area contributed by atoms with Crippen LogP contribution in [0.3, 0.4) is 0 Å². The molecule has 0 nitrogen and oxygen atoms in total. The van der Waals surface area contributed by atoms with Gasteiger partial charge < -0.3 is 45.0 Å². The van der Waals surface area contributed by atoms with Crippen LogP contribution in [0.25, 0.3) is 0 Å². The van der Waals surface area contributed by atoms with Gasteiger partial charge in [0.05, 0.1) is 0 Å². The molecule has 14 heavy (non-hydrogen) atoms. The van der Waals surface area contributed by atoms with E-state index < -0.39 is 7.25 Å². The van der Waals surface area contributed by atoms with E-state index >= 15 is 0 Å². The van der Waals surface area contributed by atoms with Crippen molar-refractivity contribution in [3.05, 3.63) is 27.7 Å². The molecule has 6 heteroatoms. The van der Waals surface area contributed by atoms with E-state index in [2.05, 4.69) is 27.7 Å². The molecular formula is C8H20BCuF4-5. The maximum Gasteiger partial charge on any atom is 0.673 e. The Kier molecular flexibility index (Phi) is 133. The Hall–Kier alpha value is 0.304. The van der Waals surface area contributed by atoms with Crippen LogP contribution >= 0.6 is 0 Å². The molecule has 0 aromatic heterocycles. The van der Waals surface area contributed by atoms with Crippen LogP contribution in [-0.4, -0.2) is 7.25 Å². The van der Waals surface area contributed by atoms with E-state index in [0.717, 1.165) is 0 Å². The van der Waals surface area contributed by atoms with E-state index in [9.17, 15) is 17.3 Å². The van der Waals surface area contributed by atoms with Gasteiger partial charge in [0.25, 0.3) is 0 Å². The van der Waals surface area contributed by atoms with Crippen molar-refractivity contribution in [1.29, 1.82) is 0 Å². The third-order valence-electron chi connectivity index (χ3n) is 0. The van der Waals surface area contributed by atoms with Crippen LogP contribution in [0.5, 0.6) is 0 Å². The summed E-state index contributed by atoms with van der Waals surface area (Å²) in [5.74, 6) is 0. The minimum Gasteiger partial charge on any atom is -0.418 e. The predicted octanol–water partition coefficient (Wildman–Crippen LogP) is 4.66. The molecule has 0 spiro atoms. The Morgan fingerprint density at radius 2 is 0.571 bits per heavy atom. The van der Waals surface area contributed by atoms with Gasteiger partial charge in [-0.3, -0.25) is 0 Å². The first-order chi connectivity index (χ1) is 6.00. The van der Waals surface area contributed by atoms with Crippen LogP contribution in [0, 0.1) is 27.7 Å². The largest absolute Gasteiger partial charge is 0.673 e. The fourth-order valence-electron chi connectivity index (χ4n) is 0. The second-order valence-corrected chi connectivity index (χ2v) is 0.495. The Morgan fingerprint density at radius 3 is 0.571 bits per heavy atom. The fourth-order valence-corrected chi connectivity index (χ4v) is 0. The smallest absolute Gasteiger partial charge is 0.418 e. The van der Waals surface area contributed by atoms with Crippen molar-refractivity contribution in [2.75, 3.05) is 0 Å². The molecule has 0 fully saturated rings. The van der Waals surface area contributed by atoms with Gasteiger partial charge in [0.2, 0.25) is 0 Å². The van der Waals surface area contributed by atoms with E-state index in [1.54, 1.807) is 27.7 Å². The number of halogens is 4. The summed E-state index contributed by atoms with van der Waals surface area (Å²) in [4.78, 5) is 0. The zero-order chi connectivity index (χ0) is 12.5. The topological polar surface area (TPSA) is 0 Å². The van der Waals surface area contributed by atoms with E-state index in [-0.39, 0.29) is 17.1 Å². The molecule has 0 aliphatic heterocycles. The summed E-state index contributed by atoms with van der Waals surface area (Å²) in [7, 11) is -6.00. The molecule has 99 valence electrons. The normalized spacial score (nSPS) is 6.00. The average molecular weight is 267 g/mol. The average Bonchev–Trinajstić information content (AvgIpc) is 2.14. The number of rotatable bonds is 0. The Morgan fingerprint density at radius 1 is 0.571 bits per heavy atom. The van der Waals surface area contributed by atoms with Crippen molar-refractivity contribution in [3.63, 3.8) is 0 Å². The third-order valence-corrected chi connectivity index (χ3v) is 0. The van der Waals surface area contributed by atoms with Crippen LogP contribution in [0.4, 0.5) is 17.3 Å². The van der Waals surface area contributed by atoms with Gasteiger partial charge in [-0.15, -0.1) is 0 Å². The fraction of sp³-hybridized carbons (Fsp3) is 0.500. The van der Waals surface area contributed by atoms with Crippen LogP contribution in [0.2, 0.25) is 0 Å². The maximum absolute atomic E-state index is 9.75. The van der Waals surface area contributed by atoms with Crippen molar-refractivity contribution >= 4 is 7.25 Å². The quantitative estimate of drug-likeness (QED) is 0.340. The molecule has 0 N–H and O–H groups in total. The van der Waals surface area contributed by atoms with Gasteiger partial charge in [-0.1, -0.05) is 0 Å². The SMILES string of the molecule is F[B-](F)(F)F.[CH2-]C.[CH2-]C.[CH2-]C.[CH2-]C.[Cu]. The van der Waals surface area contributed by atoms with E-state index in [1.807, 2.05) is 0 Å². The molecule has 0 aliphatic rings. The zero-order valence-corrected chi connectivity index (χ0v) is 10.2. The van der Waals surface area contributed by atoms with Gasteiger partial charge in [0.1, 0.15) is 0 Å². The molecule has 0 bridgehead atoms. The molecule has 0 saturated carbocycles. The molecule has 0 aromatic rings. The van der Waals surface area contributed by atoms with Crippen molar-refractivity contribution in [2.45, 2.75) is 27.7 Å². The monoisotopic (exact) mass is 266 g/mol. The van der Waals surface area contributed by atoms with Gasteiger partial charge >= 0.3 is 7.25 Å². The first kappa shape index (κ1) is 36.7. The summed E-state index contributed by atoms with van der Waals surface area (Å²) >= 11 is 0. The van der Waals surface area contributed by atoms with E-state index in [0.29, 0.717) is 0 Å². The molecule has 0 amide bonds. The molecule has 0 unspecified atom stereocenters. The van der Waals surface area contributed by atoms with Gasteiger partial charge in [-0.25, -0.2) is 0 Å². The third kappa shape index (κ3) is 17000. The standard InChI is InChI=1S/4C2H5.BF4.Cu/c4*1-2;2-1(3,4)5;/h4*1H2,2H3;;/q5*-1;. The Balaban J connectivity index is -0.0000000156. The molecule has 0 saturated heterocycles. The first-order valence-corrected chi connectivity index (χ1v) is 3.70. The number of hydrogen-bond acceptors (Lipinski definition) is 0. The van der Waals surface area contributed by atoms with Crippen molar-refractivity contribution in [2.24, 2.45) is 0 Å². The minimum atomic E-state index is -6.00. The van der Waals surface area contributed by atoms with Crippen LogP contribution in [0.15, 0.2) is 0 Å². The maximum atomic E-state index is 9.75. The minimum absolute atomic E-state index is 0. The molecule has 0 heterocycles. The second-order valence-electron chi connectivity index (χ2n) is 0.495. The summed E-state index contributed by atoms with van der Waals surface area (Å²) in [5, 5.41) is 0. The number of hydrogen-bond donors (Lipinski definition) is 0. The predicted molar refractivity (Wildman–Crippen MR) is 54.3 cm³/mol. The molecule has 1 radical (unpaired) electrons. The summed E-state index contributed by atoms with van der Waals surface area (Å²) in [6.07, 6.45) is 0. The molecule has 0 rings (SSSR count). The molecular weight excluding hydrogens is 246 g/mol. The van der Waals surface area contributed by atoms with Gasteiger partial charge in [-0.2, -0.15) is 27.7 Å². The van der Waals surface area contributed by atoms with Crippen molar-refractivity contribution < 1.29 is 34.3 Å². The molecule has 0 aromatic carbocycles. The van der Waals surface area contributed by atoms with Gasteiger partial charge in [0.15, 0.2) is 0 Å². The molecule has 0 aliphatic carbocycles. The summed E-state index contributed by atoms with van der Waals surface area (Å²) < 4.78 is 39.0. The van der Waals surface area contributed by atoms with E-state index in [1.165, 1.54) is 0 Å². The first-order valence-electron chi connectivity index (χ1n) is 3.70. The summed E-state index contributed by atoms with van der Waals surface area (Å²) in [6.45, 7) is 20.0. The van der Waals surface area contributed by atoms with Crippen molar-refractivity contribution in [3.8, 4) is 0 Å². The van der Waals surface area contributed by atoms with Gasteiger partial charge in [-0.05, 0) is 0 Å². The van der Waals surface area contributed by atoms with E-state index in [4.69, 9.17) is 0 Å². The second kappa shape index (κ2) is 50.7. The molecule has 0 atom stereocenters. The van der Waals surface area contributed by atoms with Crippen LogP contribution < -0.4 is 0 Å². The summed E-state index contributed by atoms with van der Waals surface area (Å²) in [5.41, 5.74) is 0. The Bertz CT molecular complexity index is 36.8.